The van der Waals surface area contributed by atoms with E-state index in [4.69, 9.17) is 4.74 Å². The van der Waals surface area contributed by atoms with Gasteiger partial charge in [0.25, 0.3) is 0 Å². The maximum Gasteiger partial charge on any atom is 0.243 e. The van der Waals surface area contributed by atoms with Crippen molar-refractivity contribution in [1.82, 2.24) is 21.3 Å². The van der Waals surface area contributed by atoms with Crippen LogP contribution in [0.4, 0.5) is 0 Å². The van der Waals surface area contributed by atoms with Crippen molar-refractivity contribution in [2.24, 2.45) is 11.8 Å². The summed E-state index contributed by atoms with van der Waals surface area (Å²) >= 11 is 0. The summed E-state index contributed by atoms with van der Waals surface area (Å²) in [7, 11) is 0. The number of hydrogen-bond donors (Lipinski definition) is 4. The zero-order valence-corrected chi connectivity index (χ0v) is 28.8. The van der Waals surface area contributed by atoms with Crippen LogP contribution in [-0.2, 0) is 35.1 Å². The van der Waals surface area contributed by atoms with E-state index in [-0.39, 0.29) is 36.6 Å². The van der Waals surface area contributed by atoms with E-state index < -0.39 is 35.4 Å². The van der Waals surface area contributed by atoms with E-state index in [9.17, 15) is 24.0 Å². The minimum atomic E-state index is -0.851. The molecule has 46 heavy (non-hydrogen) atoms. The van der Waals surface area contributed by atoms with Crippen molar-refractivity contribution in [2.45, 2.75) is 92.3 Å². The van der Waals surface area contributed by atoms with Crippen molar-refractivity contribution < 1.29 is 28.7 Å². The highest BCUT2D eigenvalue weighted by Crippen LogP contribution is 2.29. The summed E-state index contributed by atoms with van der Waals surface area (Å²) in [4.78, 5) is 60.4. The van der Waals surface area contributed by atoms with Crippen molar-refractivity contribution in [3.05, 3.63) is 71.8 Å². The van der Waals surface area contributed by atoms with Crippen LogP contribution in [0.1, 0.15) is 72.4 Å². The minimum absolute atomic E-state index is 0.109. The number of rotatable bonds is 14. The fourth-order valence-corrected chi connectivity index (χ4v) is 4.26. The summed E-state index contributed by atoms with van der Waals surface area (Å²) in [6, 6.07) is 19.2. The van der Waals surface area contributed by atoms with Crippen LogP contribution >= 0.6 is 0 Å². The number of carbonyl (C=O) groups excluding carboxylic acids is 5. The molecule has 4 N–H and O–H groups in total. The van der Waals surface area contributed by atoms with Crippen LogP contribution in [0.25, 0.3) is 0 Å². The molecule has 254 valence electrons. The summed E-state index contributed by atoms with van der Waals surface area (Å²) in [5.41, 5.74) is 1.88. The standard InChI is InChI=1S/C21H36N4O6.C8H10.C7H8/c1-12(2)7-15(19(29)21(6)11-31-21)24-18(28)10-23-20(30)16(8-13(3)4)25-17(27)9-22-14(5)26;1-2-8-6-4-3-5-7-8;1-7-5-3-2-4-6-7/h12-13,15-16H,7-11H2,1-6H3,(H,22,26)(H,23,30)(H,24,28)(H,25,27);3-7H,2H2,1H3;2-6H,1H3. The molecule has 1 aliphatic heterocycles. The van der Waals surface area contributed by atoms with Gasteiger partial charge in [-0.2, -0.15) is 0 Å². The largest absolute Gasteiger partial charge is 0.361 e. The van der Waals surface area contributed by atoms with E-state index in [0.29, 0.717) is 19.4 Å². The summed E-state index contributed by atoms with van der Waals surface area (Å²) in [6.07, 6.45) is 1.97. The molecule has 1 saturated heterocycles. The fourth-order valence-electron chi connectivity index (χ4n) is 4.26. The molecule has 4 amide bonds. The van der Waals surface area contributed by atoms with Gasteiger partial charge >= 0.3 is 0 Å². The number of ketones is 1. The third kappa shape index (κ3) is 17.4. The predicted molar refractivity (Wildman–Crippen MR) is 181 cm³/mol. The van der Waals surface area contributed by atoms with E-state index in [2.05, 4.69) is 71.5 Å². The summed E-state index contributed by atoms with van der Waals surface area (Å²) < 4.78 is 5.20. The van der Waals surface area contributed by atoms with Gasteiger partial charge in [-0.25, -0.2) is 0 Å². The van der Waals surface area contributed by atoms with Gasteiger partial charge < -0.3 is 26.0 Å². The Morgan fingerprint density at radius 1 is 0.761 bits per heavy atom. The van der Waals surface area contributed by atoms with Crippen molar-refractivity contribution >= 4 is 29.4 Å². The Hall–Kier alpha value is -4.05. The molecule has 10 heteroatoms. The second-order valence-corrected chi connectivity index (χ2v) is 12.5. The Morgan fingerprint density at radius 3 is 1.61 bits per heavy atom. The van der Waals surface area contributed by atoms with E-state index in [1.165, 1.54) is 18.1 Å². The van der Waals surface area contributed by atoms with E-state index in [0.717, 1.165) is 6.42 Å². The quantitative estimate of drug-likeness (QED) is 0.231. The van der Waals surface area contributed by atoms with Crippen LogP contribution in [0, 0.1) is 18.8 Å². The average Bonchev–Trinajstić information content (AvgIpc) is 3.77. The van der Waals surface area contributed by atoms with Gasteiger partial charge in [0, 0.05) is 6.92 Å². The number of benzene rings is 2. The van der Waals surface area contributed by atoms with Gasteiger partial charge in [-0.3, -0.25) is 24.0 Å². The molecule has 0 saturated carbocycles. The zero-order valence-electron chi connectivity index (χ0n) is 28.8. The second-order valence-electron chi connectivity index (χ2n) is 12.5. The molecule has 10 nitrogen and oxygen atoms in total. The van der Waals surface area contributed by atoms with E-state index in [1.807, 2.05) is 52.0 Å². The van der Waals surface area contributed by atoms with Gasteiger partial charge in [0.05, 0.1) is 25.7 Å². The highest BCUT2D eigenvalue weighted by atomic mass is 16.6. The molecule has 3 unspecified atom stereocenters. The lowest BCUT2D eigenvalue weighted by Crippen LogP contribution is -2.53. The van der Waals surface area contributed by atoms with Gasteiger partial charge in [0.2, 0.25) is 23.6 Å². The highest BCUT2D eigenvalue weighted by Gasteiger charge is 2.50. The number of amides is 4. The first-order chi connectivity index (χ1) is 21.7. The smallest absolute Gasteiger partial charge is 0.243 e. The molecule has 0 radical (unpaired) electrons. The van der Waals surface area contributed by atoms with Crippen LogP contribution in [0.5, 0.6) is 0 Å². The topological polar surface area (TPSA) is 146 Å². The normalized spacial score (nSPS) is 16.0. The first-order valence-corrected chi connectivity index (χ1v) is 16.0. The highest BCUT2D eigenvalue weighted by molar-refractivity contribution is 5.97. The van der Waals surface area contributed by atoms with Crippen molar-refractivity contribution in [2.75, 3.05) is 19.7 Å². The van der Waals surface area contributed by atoms with Crippen molar-refractivity contribution in [1.29, 1.82) is 0 Å². The van der Waals surface area contributed by atoms with Gasteiger partial charge in [0.1, 0.15) is 11.6 Å². The summed E-state index contributed by atoms with van der Waals surface area (Å²) in [5, 5.41) is 10.1. The number of nitrogens with one attached hydrogen (secondary N) is 4. The van der Waals surface area contributed by atoms with Gasteiger partial charge in [-0.05, 0) is 50.5 Å². The SMILES string of the molecule is CC(=O)NCC(=O)NC(CC(C)C)C(=O)NCC(=O)NC(CC(C)C)C(=O)C1(C)CO1.CCc1ccccc1.Cc1ccccc1. The van der Waals surface area contributed by atoms with Gasteiger partial charge in [-0.1, -0.05) is 101 Å². The predicted octanol–water partition coefficient (Wildman–Crippen LogP) is 3.90. The number of carbonyl (C=O) groups is 5. The Labute approximate surface area is 274 Å². The molecule has 0 aliphatic carbocycles. The molecular formula is C36H54N4O6. The lowest BCUT2D eigenvalue weighted by atomic mass is 9.93. The number of Topliss-reactive ketones (excluding diaryl/α,β-unsaturated/α-hetero) is 1. The van der Waals surface area contributed by atoms with Crippen LogP contribution in [-0.4, -0.2) is 66.8 Å². The molecule has 0 spiro atoms. The average molecular weight is 639 g/mol. The Balaban J connectivity index is 0.000000565. The maximum atomic E-state index is 12.6. The lowest BCUT2D eigenvalue weighted by Gasteiger charge is -2.22. The monoisotopic (exact) mass is 638 g/mol. The molecule has 3 rings (SSSR count). The molecule has 1 aliphatic rings. The third-order valence-electron chi connectivity index (χ3n) is 6.93. The maximum absolute atomic E-state index is 12.6. The third-order valence-corrected chi connectivity index (χ3v) is 6.93. The van der Waals surface area contributed by atoms with Crippen LogP contribution in [0.2, 0.25) is 0 Å². The molecule has 0 bridgehead atoms. The van der Waals surface area contributed by atoms with Crippen molar-refractivity contribution in [3.8, 4) is 0 Å². The summed E-state index contributed by atoms with van der Waals surface area (Å²) in [5.74, 6) is -1.75. The van der Waals surface area contributed by atoms with Gasteiger partial charge in [-0.15, -0.1) is 0 Å². The van der Waals surface area contributed by atoms with E-state index in [1.54, 1.807) is 6.92 Å². The Kier molecular flexibility index (Phi) is 18.1. The molecule has 2 aromatic rings. The minimum Gasteiger partial charge on any atom is -0.361 e. The molecule has 1 heterocycles. The first-order valence-electron chi connectivity index (χ1n) is 16.0. The molecule has 1 fully saturated rings. The number of epoxide rings is 1. The Morgan fingerprint density at radius 2 is 1.22 bits per heavy atom. The van der Waals surface area contributed by atoms with Crippen LogP contribution in [0.3, 0.4) is 0 Å². The molecule has 2 aromatic carbocycles. The number of ether oxygens (including phenoxy) is 1. The second kappa shape index (κ2) is 20.9. The molecular weight excluding hydrogens is 584 g/mol. The van der Waals surface area contributed by atoms with Crippen LogP contribution < -0.4 is 21.3 Å². The Bertz CT molecular complexity index is 1230. The first kappa shape index (κ1) is 40.0. The zero-order chi connectivity index (χ0) is 34.7. The summed E-state index contributed by atoms with van der Waals surface area (Å²) in [6.45, 7) is 14.7. The molecule has 0 aromatic heterocycles. The van der Waals surface area contributed by atoms with Crippen LogP contribution in [0.15, 0.2) is 60.7 Å². The van der Waals surface area contributed by atoms with Crippen molar-refractivity contribution in [3.63, 3.8) is 0 Å². The number of aryl methyl sites for hydroxylation is 2. The van der Waals surface area contributed by atoms with Gasteiger partial charge in [0.15, 0.2) is 5.78 Å². The fraction of sp³-hybridized carbons (Fsp3) is 0.528. The van der Waals surface area contributed by atoms with E-state index >= 15 is 0 Å². The number of hydrogen-bond acceptors (Lipinski definition) is 6. The lowest BCUT2D eigenvalue weighted by molar-refractivity contribution is -0.132. The molecule has 3 atom stereocenters.